The highest BCUT2D eigenvalue weighted by molar-refractivity contribution is 6.14. The van der Waals surface area contributed by atoms with E-state index in [1.807, 2.05) is 0 Å². The molecule has 8 nitrogen and oxygen atoms in total. The van der Waals surface area contributed by atoms with Gasteiger partial charge in [-0.05, 0) is 38.1 Å². The number of fused-ring (bicyclic) bond motifs is 1. The second-order valence-electron chi connectivity index (χ2n) is 6.67. The summed E-state index contributed by atoms with van der Waals surface area (Å²) in [5.74, 6) is 1.26. The maximum Gasteiger partial charge on any atom is 0.239 e. The number of ether oxygens (including phenoxy) is 4. The zero-order valence-electron chi connectivity index (χ0n) is 16.1. The van der Waals surface area contributed by atoms with Crippen LogP contribution in [0, 0.1) is 5.41 Å². The zero-order chi connectivity index (χ0) is 20.3. The Balaban J connectivity index is 1.70. The fraction of sp³-hybridized carbons (Fsp3) is 0.300. The molecule has 8 heteroatoms. The largest absolute Gasteiger partial charge is 0.493 e. The quantitative estimate of drug-likeness (QED) is 0.741. The molecular formula is C20H22N2O6. The summed E-state index contributed by atoms with van der Waals surface area (Å²) in [6.45, 7) is 3.24. The lowest BCUT2D eigenvalue weighted by atomic mass is 9.90. The van der Waals surface area contributed by atoms with E-state index in [2.05, 4.69) is 10.6 Å². The number of hydrogen-bond acceptors (Lipinski definition) is 6. The first-order valence-corrected chi connectivity index (χ1v) is 8.59. The van der Waals surface area contributed by atoms with E-state index in [1.54, 1.807) is 50.2 Å². The number of carbonyl (C=O) groups is 2. The van der Waals surface area contributed by atoms with Crippen molar-refractivity contribution in [2.75, 3.05) is 31.6 Å². The lowest BCUT2D eigenvalue weighted by molar-refractivity contribution is -0.135. The van der Waals surface area contributed by atoms with Crippen LogP contribution in [0.3, 0.4) is 0 Å². The highest BCUT2D eigenvalue weighted by Crippen LogP contribution is 2.35. The van der Waals surface area contributed by atoms with Crippen molar-refractivity contribution in [3.05, 3.63) is 36.4 Å². The summed E-state index contributed by atoms with van der Waals surface area (Å²) < 4.78 is 21.0. The van der Waals surface area contributed by atoms with Crippen LogP contribution in [0.2, 0.25) is 0 Å². The SMILES string of the molecule is COc1ccc(NC(=O)C(C)(C)C(=O)Nc2ccc3c(c2)OCO3)cc1OC. The summed E-state index contributed by atoms with van der Waals surface area (Å²) in [4.78, 5) is 25.4. The van der Waals surface area contributed by atoms with E-state index < -0.39 is 17.2 Å². The third-order valence-electron chi connectivity index (χ3n) is 4.41. The molecule has 2 aromatic rings. The highest BCUT2D eigenvalue weighted by Gasteiger charge is 2.36. The maximum absolute atomic E-state index is 12.7. The first kappa shape index (κ1) is 19.3. The standard InChI is InChI=1S/C20H22N2O6/c1-20(2,18(23)21-12-5-7-14(25-3)16(9-12)26-4)19(24)22-13-6-8-15-17(10-13)28-11-27-15/h5-10H,11H2,1-4H3,(H,21,23)(H,22,24). The molecule has 0 spiro atoms. The Hall–Kier alpha value is -3.42. The maximum atomic E-state index is 12.7. The minimum atomic E-state index is -1.33. The molecule has 0 aromatic heterocycles. The Kier molecular flexibility index (Phi) is 5.30. The van der Waals surface area contributed by atoms with E-state index in [-0.39, 0.29) is 6.79 Å². The molecular weight excluding hydrogens is 364 g/mol. The highest BCUT2D eigenvalue weighted by atomic mass is 16.7. The lowest BCUT2D eigenvalue weighted by Crippen LogP contribution is -2.41. The van der Waals surface area contributed by atoms with Crippen molar-refractivity contribution < 1.29 is 28.5 Å². The van der Waals surface area contributed by atoms with Crippen molar-refractivity contribution >= 4 is 23.2 Å². The van der Waals surface area contributed by atoms with Gasteiger partial charge in [0.1, 0.15) is 5.41 Å². The van der Waals surface area contributed by atoms with Gasteiger partial charge >= 0.3 is 0 Å². The predicted molar refractivity (Wildman–Crippen MR) is 103 cm³/mol. The molecule has 2 amide bonds. The molecule has 2 N–H and O–H groups in total. The lowest BCUT2D eigenvalue weighted by Gasteiger charge is -2.23. The summed E-state index contributed by atoms with van der Waals surface area (Å²) in [6.07, 6.45) is 0. The smallest absolute Gasteiger partial charge is 0.239 e. The molecule has 0 unspecified atom stereocenters. The summed E-state index contributed by atoms with van der Waals surface area (Å²) in [5.41, 5.74) is -0.323. The number of methoxy groups -OCH3 is 2. The van der Waals surface area contributed by atoms with Gasteiger partial charge in [0.05, 0.1) is 14.2 Å². The topological polar surface area (TPSA) is 95.1 Å². The number of rotatable bonds is 6. The van der Waals surface area contributed by atoms with Crippen molar-refractivity contribution in [3.63, 3.8) is 0 Å². The van der Waals surface area contributed by atoms with Crippen molar-refractivity contribution in [1.82, 2.24) is 0 Å². The molecule has 148 valence electrons. The van der Waals surface area contributed by atoms with Crippen molar-refractivity contribution in [2.45, 2.75) is 13.8 Å². The number of benzene rings is 2. The van der Waals surface area contributed by atoms with Gasteiger partial charge in [0, 0.05) is 23.5 Å². The van der Waals surface area contributed by atoms with E-state index >= 15 is 0 Å². The summed E-state index contributed by atoms with van der Waals surface area (Å²) in [6, 6.07) is 10.0. The summed E-state index contributed by atoms with van der Waals surface area (Å²) in [5, 5.41) is 5.48. The minimum absolute atomic E-state index is 0.145. The van der Waals surface area contributed by atoms with Crippen LogP contribution in [0.1, 0.15) is 13.8 Å². The van der Waals surface area contributed by atoms with Gasteiger partial charge in [0.2, 0.25) is 18.6 Å². The van der Waals surface area contributed by atoms with Crippen LogP contribution >= 0.6 is 0 Å². The fourth-order valence-corrected chi connectivity index (χ4v) is 2.57. The van der Waals surface area contributed by atoms with Crippen molar-refractivity contribution in [1.29, 1.82) is 0 Å². The second-order valence-corrected chi connectivity index (χ2v) is 6.67. The van der Waals surface area contributed by atoms with Gasteiger partial charge < -0.3 is 29.6 Å². The number of hydrogen-bond donors (Lipinski definition) is 2. The molecule has 0 bridgehead atoms. The molecule has 0 saturated carbocycles. The monoisotopic (exact) mass is 386 g/mol. The van der Waals surface area contributed by atoms with E-state index in [0.717, 1.165) is 0 Å². The van der Waals surface area contributed by atoms with Gasteiger partial charge in [-0.3, -0.25) is 9.59 Å². The number of carbonyl (C=O) groups excluding carboxylic acids is 2. The van der Waals surface area contributed by atoms with Crippen LogP contribution in [0.5, 0.6) is 23.0 Å². The Morgan fingerprint density at radius 1 is 0.857 bits per heavy atom. The molecule has 1 aliphatic heterocycles. The Bertz CT molecular complexity index is 910. The summed E-state index contributed by atoms with van der Waals surface area (Å²) in [7, 11) is 3.03. The van der Waals surface area contributed by atoms with Crippen LogP contribution < -0.4 is 29.6 Å². The number of anilines is 2. The fourth-order valence-electron chi connectivity index (χ4n) is 2.57. The average Bonchev–Trinajstić information content (AvgIpc) is 3.15. The molecule has 0 fully saturated rings. The van der Waals surface area contributed by atoms with Gasteiger partial charge in [-0.15, -0.1) is 0 Å². The Morgan fingerprint density at radius 2 is 1.43 bits per heavy atom. The molecule has 1 aliphatic rings. The normalized spacial score (nSPS) is 12.3. The molecule has 0 radical (unpaired) electrons. The van der Waals surface area contributed by atoms with Gasteiger partial charge in [-0.1, -0.05) is 0 Å². The van der Waals surface area contributed by atoms with E-state index in [4.69, 9.17) is 18.9 Å². The number of nitrogens with one attached hydrogen (secondary N) is 2. The molecule has 0 aliphatic carbocycles. The first-order valence-electron chi connectivity index (χ1n) is 8.59. The predicted octanol–water partition coefficient (Wildman–Crippen LogP) is 3.04. The Labute approximate surface area is 162 Å². The zero-order valence-corrected chi connectivity index (χ0v) is 16.1. The van der Waals surface area contributed by atoms with Crippen LogP contribution in [-0.4, -0.2) is 32.8 Å². The van der Waals surface area contributed by atoms with Gasteiger partial charge in [-0.2, -0.15) is 0 Å². The van der Waals surface area contributed by atoms with E-state index in [9.17, 15) is 9.59 Å². The van der Waals surface area contributed by atoms with Crippen molar-refractivity contribution in [3.8, 4) is 23.0 Å². The molecule has 0 atom stereocenters. The molecule has 1 heterocycles. The van der Waals surface area contributed by atoms with E-state index in [1.165, 1.54) is 14.2 Å². The van der Waals surface area contributed by atoms with Crippen LogP contribution in [0.15, 0.2) is 36.4 Å². The minimum Gasteiger partial charge on any atom is -0.493 e. The molecule has 0 saturated heterocycles. The van der Waals surface area contributed by atoms with Gasteiger partial charge in [0.15, 0.2) is 23.0 Å². The third kappa shape index (κ3) is 3.80. The third-order valence-corrected chi connectivity index (χ3v) is 4.41. The van der Waals surface area contributed by atoms with Crippen LogP contribution in [-0.2, 0) is 9.59 Å². The summed E-state index contributed by atoms with van der Waals surface area (Å²) >= 11 is 0. The average molecular weight is 386 g/mol. The van der Waals surface area contributed by atoms with Crippen LogP contribution in [0.4, 0.5) is 11.4 Å². The van der Waals surface area contributed by atoms with Crippen LogP contribution in [0.25, 0.3) is 0 Å². The molecule has 3 rings (SSSR count). The Morgan fingerprint density at radius 3 is 2.07 bits per heavy atom. The molecule has 28 heavy (non-hydrogen) atoms. The second kappa shape index (κ2) is 7.67. The van der Waals surface area contributed by atoms with Gasteiger partial charge in [-0.25, -0.2) is 0 Å². The first-order chi connectivity index (χ1) is 13.3. The van der Waals surface area contributed by atoms with Gasteiger partial charge in [0.25, 0.3) is 0 Å². The van der Waals surface area contributed by atoms with E-state index in [0.29, 0.717) is 34.4 Å². The molecule has 2 aromatic carbocycles. The number of amides is 2. The van der Waals surface area contributed by atoms with Crippen molar-refractivity contribution in [2.24, 2.45) is 5.41 Å².